The molecule has 6 heteroatoms. The summed E-state index contributed by atoms with van der Waals surface area (Å²) < 4.78 is 10.8. The zero-order chi connectivity index (χ0) is 14.7. The average Bonchev–Trinajstić information content (AvgIpc) is 2.99. The van der Waals surface area contributed by atoms with Gasteiger partial charge in [-0.25, -0.2) is 0 Å². The smallest absolute Gasteiger partial charge is 0.247 e. The van der Waals surface area contributed by atoms with Gasteiger partial charge in [-0.15, -0.1) is 0 Å². The minimum absolute atomic E-state index is 0.0656. The molecule has 3 atom stereocenters. The van der Waals surface area contributed by atoms with Crippen molar-refractivity contribution in [2.45, 2.75) is 45.8 Å². The van der Waals surface area contributed by atoms with Crippen LogP contribution >= 0.6 is 0 Å². The quantitative estimate of drug-likeness (QED) is 0.853. The van der Waals surface area contributed by atoms with E-state index in [2.05, 4.69) is 10.5 Å². The van der Waals surface area contributed by atoms with E-state index in [1.54, 1.807) is 0 Å². The summed E-state index contributed by atoms with van der Waals surface area (Å²) in [7, 11) is 0. The zero-order valence-electron chi connectivity index (χ0n) is 12.3. The van der Waals surface area contributed by atoms with E-state index in [4.69, 9.17) is 15.0 Å². The summed E-state index contributed by atoms with van der Waals surface area (Å²) in [4.78, 5) is 12.7. The maximum atomic E-state index is 12.7. The van der Waals surface area contributed by atoms with E-state index in [0.29, 0.717) is 12.5 Å². The number of amides is 1. The van der Waals surface area contributed by atoms with Crippen molar-refractivity contribution in [1.82, 2.24) is 5.16 Å². The van der Waals surface area contributed by atoms with Crippen LogP contribution in [0.4, 0.5) is 5.88 Å². The van der Waals surface area contributed by atoms with Crippen LogP contribution in [0.5, 0.6) is 0 Å². The van der Waals surface area contributed by atoms with Crippen molar-refractivity contribution >= 4 is 11.8 Å². The molecule has 1 aliphatic carbocycles. The molecule has 6 nitrogen and oxygen atoms in total. The molecule has 1 amide bonds. The summed E-state index contributed by atoms with van der Waals surface area (Å²) in [6, 6.07) is 0. The summed E-state index contributed by atoms with van der Waals surface area (Å²) >= 11 is 0. The Morgan fingerprint density at radius 2 is 2.15 bits per heavy atom. The zero-order valence-corrected chi connectivity index (χ0v) is 12.3. The molecule has 3 N–H and O–H groups in total. The Labute approximate surface area is 118 Å². The van der Waals surface area contributed by atoms with E-state index in [9.17, 15) is 4.79 Å². The third-order valence-corrected chi connectivity index (χ3v) is 5.21. The number of nitrogens with two attached hydrogens (primary N) is 1. The molecule has 3 rings (SSSR count). The lowest BCUT2D eigenvalue weighted by Gasteiger charge is -2.60. The molecule has 2 fully saturated rings. The predicted octanol–water partition coefficient (Wildman–Crippen LogP) is 1.37. The van der Waals surface area contributed by atoms with Crippen LogP contribution in [-0.4, -0.2) is 29.3 Å². The van der Waals surface area contributed by atoms with E-state index in [1.165, 1.54) is 0 Å². The second kappa shape index (κ2) is 4.05. The molecule has 2 aliphatic rings. The van der Waals surface area contributed by atoms with Gasteiger partial charge in [-0.3, -0.25) is 10.1 Å². The molecule has 0 spiro atoms. The van der Waals surface area contributed by atoms with Gasteiger partial charge in [-0.05, 0) is 20.3 Å². The van der Waals surface area contributed by atoms with Gasteiger partial charge >= 0.3 is 0 Å². The number of carbonyl (C=O) groups is 1. The highest BCUT2D eigenvalue weighted by molar-refractivity contribution is 5.99. The van der Waals surface area contributed by atoms with Crippen LogP contribution in [0.15, 0.2) is 4.52 Å². The van der Waals surface area contributed by atoms with Crippen molar-refractivity contribution in [2.75, 3.05) is 11.9 Å². The standard InChI is InChI=1S/C14H21N3O3/c1-7-8(2)17-20-11(7)16-12(18)14(15)9-5-6-19-10(9)13(14,3)4/h9-10H,5-6,15H2,1-4H3,(H,16,18). The number of hydrogen-bond donors (Lipinski definition) is 2. The number of aromatic nitrogens is 1. The molecule has 0 radical (unpaired) electrons. The second-order valence-corrected chi connectivity index (χ2v) is 6.45. The Kier molecular flexibility index (Phi) is 2.75. The van der Waals surface area contributed by atoms with E-state index < -0.39 is 5.54 Å². The lowest BCUT2D eigenvalue weighted by Crippen LogP contribution is -2.79. The van der Waals surface area contributed by atoms with Crippen molar-refractivity contribution in [3.8, 4) is 0 Å². The summed E-state index contributed by atoms with van der Waals surface area (Å²) in [6.07, 6.45) is 0.891. The molecule has 1 aromatic heterocycles. The predicted molar refractivity (Wildman–Crippen MR) is 73.2 cm³/mol. The number of anilines is 1. The molecule has 110 valence electrons. The topological polar surface area (TPSA) is 90.4 Å². The van der Waals surface area contributed by atoms with Gasteiger partial charge in [0.1, 0.15) is 5.54 Å². The maximum absolute atomic E-state index is 12.7. The normalized spacial score (nSPS) is 34.5. The molecule has 1 aliphatic heterocycles. The first-order valence-corrected chi connectivity index (χ1v) is 6.95. The summed E-state index contributed by atoms with van der Waals surface area (Å²) in [5, 5.41) is 6.64. The number of hydrogen-bond acceptors (Lipinski definition) is 5. The molecular weight excluding hydrogens is 258 g/mol. The highest BCUT2D eigenvalue weighted by atomic mass is 16.5. The molecule has 0 bridgehead atoms. The van der Waals surface area contributed by atoms with Crippen molar-refractivity contribution in [3.63, 3.8) is 0 Å². The molecule has 3 unspecified atom stereocenters. The second-order valence-electron chi connectivity index (χ2n) is 6.45. The molecule has 1 saturated heterocycles. The fourth-order valence-corrected chi connectivity index (χ4v) is 3.58. The summed E-state index contributed by atoms with van der Waals surface area (Å²) in [6.45, 7) is 8.33. The number of nitrogens with one attached hydrogen (secondary N) is 1. The van der Waals surface area contributed by atoms with E-state index >= 15 is 0 Å². The van der Waals surface area contributed by atoms with Crippen LogP contribution in [0.1, 0.15) is 31.5 Å². The van der Waals surface area contributed by atoms with Crippen molar-refractivity contribution in [3.05, 3.63) is 11.3 Å². The Balaban J connectivity index is 1.85. The summed E-state index contributed by atoms with van der Waals surface area (Å²) in [5.74, 6) is 0.241. The third kappa shape index (κ3) is 1.46. The number of aryl methyl sites for hydroxylation is 1. The number of fused-ring (bicyclic) bond motifs is 1. The molecular formula is C14H21N3O3. The van der Waals surface area contributed by atoms with E-state index in [-0.39, 0.29) is 23.3 Å². The van der Waals surface area contributed by atoms with Gasteiger partial charge in [-0.2, -0.15) is 0 Å². The number of nitrogens with zero attached hydrogens (tertiary/aromatic N) is 1. The van der Waals surface area contributed by atoms with Gasteiger partial charge in [0.05, 0.1) is 11.8 Å². The SMILES string of the molecule is Cc1noc(NC(=O)C2(N)C3CCOC3C2(C)C)c1C. The number of carbonyl (C=O) groups excluding carboxylic acids is 1. The minimum atomic E-state index is -0.929. The Morgan fingerprint density at radius 1 is 1.45 bits per heavy atom. The van der Waals surface area contributed by atoms with Crippen LogP contribution in [-0.2, 0) is 9.53 Å². The van der Waals surface area contributed by atoms with Gasteiger partial charge < -0.3 is 15.0 Å². The molecule has 0 aromatic carbocycles. The van der Waals surface area contributed by atoms with Crippen LogP contribution in [0.2, 0.25) is 0 Å². The fourth-order valence-electron chi connectivity index (χ4n) is 3.58. The fraction of sp³-hybridized carbons (Fsp3) is 0.714. The van der Waals surface area contributed by atoms with E-state index in [0.717, 1.165) is 17.7 Å². The summed E-state index contributed by atoms with van der Waals surface area (Å²) in [5.41, 5.74) is 6.74. The van der Waals surface area contributed by atoms with Crippen molar-refractivity contribution in [2.24, 2.45) is 17.1 Å². The first-order chi connectivity index (χ1) is 9.30. The van der Waals surface area contributed by atoms with Crippen LogP contribution in [0.25, 0.3) is 0 Å². The molecule has 1 aromatic rings. The first-order valence-electron chi connectivity index (χ1n) is 6.95. The molecule has 1 saturated carbocycles. The maximum Gasteiger partial charge on any atom is 0.247 e. The monoisotopic (exact) mass is 279 g/mol. The van der Waals surface area contributed by atoms with E-state index in [1.807, 2.05) is 27.7 Å². The highest BCUT2D eigenvalue weighted by Crippen LogP contribution is 2.58. The Hall–Kier alpha value is -1.40. The van der Waals surface area contributed by atoms with Gasteiger partial charge in [-0.1, -0.05) is 19.0 Å². The Bertz CT molecular complexity index is 566. The van der Waals surface area contributed by atoms with Crippen molar-refractivity contribution < 1.29 is 14.1 Å². The third-order valence-electron chi connectivity index (χ3n) is 5.21. The molecule has 2 heterocycles. The van der Waals surface area contributed by atoms with Gasteiger partial charge in [0.15, 0.2) is 0 Å². The lowest BCUT2D eigenvalue weighted by atomic mass is 9.48. The van der Waals surface area contributed by atoms with Crippen molar-refractivity contribution in [1.29, 1.82) is 0 Å². The molecule has 20 heavy (non-hydrogen) atoms. The van der Waals surface area contributed by atoms with Crippen LogP contribution in [0.3, 0.4) is 0 Å². The van der Waals surface area contributed by atoms with Gasteiger partial charge in [0.2, 0.25) is 11.8 Å². The minimum Gasteiger partial charge on any atom is -0.377 e. The highest BCUT2D eigenvalue weighted by Gasteiger charge is 2.71. The first kappa shape index (κ1) is 13.6. The Morgan fingerprint density at radius 3 is 2.75 bits per heavy atom. The van der Waals surface area contributed by atoms with Gasteiger partial charge in [0, 0.05) is 23.5 Å². The van der Waals surface area contributed by atoms with Crippen LogP contribution in [0, 0.1) is 25.2 Å². The number of rotatable bonds is 2. The largest absolute Gasteiger partial charge is 0.377 e. The lowest BCUT2D eigenvalue weighted by molar-refractivity contribution is -0.170. The average molecular weight is 279 g/mol. The van der Waals surface area contributed by atoms with Gasteiger partial charge in [0.25, 0.3) is 0 Å². The van der Waals surface area contributed by atoms with Crippen LogP contribution < -0.4 is 11.1 Å². The number of ether oxygens (including phenoxy) is 1.